The number of benzene rings is 1. The molecule has 0 saturated carbocycles. The van der Waals surface area contributed by atoms with E-state index in [-0.39, 0.29) is 17.3 Å². The van der Waals surface area contributed by atoms with E-state index >= 15 is 0 Å². The van der Waals surface area contributed by atoms with Crippen LogP contribution in [0.1, 0.15) is 19.4 Å². The van der Waals surface area contributed by atoms with Gasteiger partial charge in [-0.2, -0.15) is 4.31 Å². The Labute approximate surface area is 124 Å². The predicted octanol–water partition coefficient (Wildman–Crippen LogP) is 1.55. The molecular formula is C13H17ClN2O3S. The Balaban J connectivity index is 2.55. The maximum absolute atomic E-state index is 12.8. The Hall–Kier alpha value is -1.11. The lowest BCUT2D eigenvalue weighted by atomic mass is 10.0. The minimum absolute atomic E-state index is 0.146. The summed E-state index contributed by atoms with van der Waals surface area (Å²) in [7, 11) is -3.77. The van der Waals surface area contributed by atoms with Gasteiger partial charge in [0, 0.05) is 18.1 Å². The van der Waals surface area contributed by atoms with Crippen LogP contribution in [0.4, 0.5) is 0 Å². The summed E-state index contributed by atoms with van der Waals surface area (Å²) in [6, 6.07) is 4.73. The van der Waals surface area contributed by atoms with Crippen molar-refractivity contribution in [3.63, 3.8) is 0 Å². The summed E-state index contributed by atoms with van der Waals surface area (Å²) in [5.41, 5.74) is -0.512. The molecule has 1 heterocycles. The van der Waals surface area contributed by atoms with Gasteiger partial charge in [-0.05, 0) is 38.5 Å². The van der Waals surface area contributed by atoms with Crippen molar-refractivity contribution in [3.8, 4) is 0 Å². The lowest BCUT2D eigenvalue weighted by Gasteiger charge is -2.40. The number of hydrogen-bond acceptors (Lipinski definition) is 3. The molecule has 0 aliphatic carbocycles. The highest BCUT2D eigenvalue weighted by molar-refractivity contribution is 7.89. The van der Waals surface area contributed by atoms with Gasteiger partial charge in [0.05, 0.1) is 4.90 Å². The smallest absolute Gasteiger partial charge is 0.244 e. The summed E-state index contributed by atoms with van der Waals surface area (Å²) in [5.74, 6) is -0.299. The topological polar surface area (TPSA) is 66.5 Å². The Kier molecular flexibility index (Phi) is 3.83. The number of rotatable bonds is 2. The first-order valence-electron chi connectivity index (χ1n) is 6.24. The van der Waals surface area contributed by atoms with Crippen LogP contribution in [0.15, 0.2) is 23.1 Å². The van der Waals surface area contributed by atoms with Crippen molar-refractivity contribution in [1.82, 2.24) is 9.62 Å². The van der Waals surface area contributed by atoms with Crippen molar-refractivity contribution in [2.75, 3.05) is 13.1 Å². The molecule has 0 radical (unpaired) electrons. The van der Waals surface area contributed by atoms with Crippen LogP contribution in [0.5, 0.6) is 0 Å². The normalized spacial score (nSPS) is 19.7. The summed E-state index contributed by atoms with van der Waals surface area (Å²) in [6.45, 7) is 5.45. The summed E-state index contributed by atoms with van der Waals surface area (Å²) in [4.78, 5) is 12.1. The van der Waals surface area contributed by atoms with Crippen molar-refractivity contribution >= 4 is 27.5 Å². The molecule has 0 bridgehead atoms. The fourth-order valence-electron chi connectivity index (χ4n) is 2.27. The SMILES string of the molecule is Cc1ccc(Cl)cc1S(=O)(=O)N1CCNC(=O)C1(C)C. The van der Waals surface area contributed by atoms with Crippen molar-refractivity contribution in [2.45, 2.75) is 31.2 Å². The highest BCUT2D eigenvalue weighted by atomic mass is 35.5. The molecule has 1 aliphatic heterocycles. The molecule has 0 aromatic heterocycles. The molecule has 0 atom stereocenters. The number of sulfonamides is 1. The average molecular weight is 317 g/mol. The minimum Gasteiger partial charge on any atom is -0.353 e. The molecule has 0 unspecified atom stereocenters. The van der Waals surface area contributed by atoms with Crippen LogP contribution in [0.2, 0.25) is 5.02 Å². The lowest BCUT2D eigenvalue weighted by Crippen LogP contribution is -2.63. The molecule has 20 heavy (non-hydrogen) atoms. The van der Waals surface area contributed by atoms with Gasteiger partial charge in [-0.1, -0.05) is 17.7 Å². The van der Waals surface area contributed by atoms with Crippen LogP contribution in [0, 0.1) is 6.92 Å². The lowest BCUT2D eigenvalue weighted by molar-refractivity contribution is -0.131. The van der Waals surface area contributed by atoms with E-state index in [1.54, 1.807) is 32.9 Å². The van der Waals surface area contributed by atoms with E-state index in [0.717, 1.165) is 0 Å². The van der Waals surface area contributed by atoms with Crippen molar-refractivity contribution in [3.05, 3.63) is 28.8 Å². The van der Waals surface area contributed by atoms with Crippen LogP contribution >= 0.6 is 11.6 Å². The number of piperazine rings is 1. The van der Waals surface area contributed by atoms with E-state index in [1.807, 2.05) is 0 Å². The molecule has 1 saturated heterocycles. The molecule has 5 nitrogen and oxygen atoms in total. The second-order valence-corrected chi connectivity index (χ2v) is 7.57. The first kappa shape index (κ1) is 15.3. The van der Waals surface area contributed by atoms with Crippen molar-refractivity contribution < 1.29 is 13.2 Å². The van der Waals surface area contributed by atoms with Crippen molar-refractivity contribution in [1.29, 1.82) is 0 Å². The summed E-state index contributed by atoms with van der Waals surface area (Å²) in [5, 5.41) is 3.04. The number of hydrogen-bond donors (Lipinski definition) is 1. The number of nitrogens with one attached hydrogen (secondary N) is 1. The van der Waals surface area contributed by atoms with Crippen molar-refractivity contribution in [2.24, 2.45) is 0 Å². The predicted molar refractivity (Wildman–Crippen MR) is 77.2 cm³/mol. The van der Waals surface area contributed by atoms with Crippen LogP contribution in [0.25, 0.3) is 0 Å². The number of aryl methyl sites for hydroxylation is 1. The number of halogens is 1. The molecule has 7 heteroatoms. The molecule has 1 fully saturated rings. The summed E-state index contributed by atoms with van der Waals surface area (Å²) < 4.78 is 26.9. The van der Waals surface area contributed by atoms with E-state index in [2.05, 4.69) is 5.32 Å². The molecule has 2 rings (SSSR count). The van der Waals surface area contributed by atoms with Gasteiger partial charge in [-0.3, -0.25) is 4.79 Å². The van der Waals surface area contributed by atoms with Crippen LogP contribution < -0.4 is 5.32 Å². The second-order valence-electron chi connectivity index (χ2n) is 5.30. The van der Waals surface area contributed by atoms with Gasteiger partial charge >= 0.3 is 0 Å². The fourth-order valence-corrected chi connectivity index (χ4v) is 4.51. The molecular weight excluding hydrogens is 300 g/mol. The van der Waals surface area contributed by atoms with Gasteiger partial charge in [0.1, 0.15) is 5.54 Å². The first-order valence-corrected chi connectivity index (χ1v) is 8.06. The molecule has 1 amide bonds. The van der Waals surface area contributed by atoms with Gasteiger partial charge < -0.3 is 5.32 Å². The van der Waals surface area contributed by atoms with Gasteiger partial charge in [-0.15, -0.1) is 0 Å². The Bertz CT molecular complexity index is 656. The zero-order chi connectivity index (χ0) is 15.1. The number of carbonyl (C=O) groups is 1. The van der Waals surface area contributed by atoms with Gasteiger partial charge in [0.15, 0.2) is 0 Å². The summed E-state index contributed by atoms with van der Waals surface area (Å²) >= 11 is 5.90. The van der Waals surface area contributed by atoms with E-state index in [9.17, 15) is 13.2 Å². The average Bonchev–Trinajstić information content (AvgIpc) is 2.35. The molecule has 110 valence electrons. The monoisotopic (exact) mass is 316 g/mol. The number of amides is 1. The zero-order valence-electron chi connectivity index (χ0n) is 11.6. The Morgan fingerprint density at radius 1 is 1.35 bits per heavy atom. The second kappa shape index (κ2) is 5.02. The maximum atomic E-state index is 12.8. The fraction of sp³-hybridized carbons (Fsp3) is 0.462. The number of nitrogens with zero attached hydrogens (tertiary/aromatic N) is 1. The van der Waals surface area contributed by atoms with E-state index < -0.39 is 15.6 Å². The summed E-state index contributed by atoms with van der Waals surface area (Å²) in [6.07, 6.45) is 0. The number of carbonyl (C=O) groups excluding carboxylic acids is 1. The van der Waals surface area contributed by atoms with Gasteiger partial charge in [-0.25, -0.2) is 8.42 Å². The third kappa shape index (κ3) is 2.43. The molecule has 1 aromatic rings. The minimum atomic E-state index is -3.77. The van der Waals surface area contributed by atoms with Crippen LogP contribution in [-0.2, 0) is 14.8 Å². The van der Waals surface area contributed by atoms with E-state index in [4.69, 9.17) is 11.6 Å². The van der Waals surface area contributed by atoms with E-state index in [1.165, 1.54) is 10.4 Å². The Morgan fingerprint density at radius 2 is 2.00 bits per heavy atom. The largest absolute Gasteiger partial charge is 0.353 e. The van der Waals surface area contributed by atoms with Crippen LogP contribution in [-0.4, -0.2) is 37.3 Å². The highest BCUT2D eigenvalue weighted by Crippen LogP contribution is 2.29. The molecule has 1 N–H and O–H groups in total. The van der Waals surface area contributed by atoms with Gasteiger partial charge in [0.25, 0.3) is 0 Å². The standard InChI is InChI=1S/C13H17ClN2O3S/c1-9-4-5-10(14)8-11(9)20(18,19)16-7-6-15-12(17)13(16,2)3/h4-5,8H,6-7H2,1-3H3,(H,15,17). The third-order valence-electron chi connectivity index (χ3n) is 3.50. The van der Waals surface area contributed by atoms with Gasteiger partial charge in [0.2, 0.25) is 15.9 Å². The Morgan fingerprint density at radius 3 is 2.65 bits per heavy atom. The van der Waals surface area contributed by atoms with E-state index in [0.29, 0.717) is 17.1 Å². The first-order chi connectivity index (χ1) is 9.17. The third-order valence-corrected chi connectivity index (χ3v) is 5.95. The quantitative estimate of drug-likeness (QED) is 0.900. The maximum Gasteiger partial charge on any atom is 0.244 e. The molecule has 1 aromatic carbocycles. The van der Waals surface area contributed by atoms with Crippen LogP contribution in [0.3, 0.4) is 0 Å². The molecule has 1 aliphatic rings. The highest BCUT2D eigenvalue weighted by Gasteiger charge is 2.45. The zero-order valence-corrected chi connectivity index (χ0v) is 13.2. The molecule has 0 spiro atoms.